The largest absolute Gasteiger partial charge is 0.358 e. The van der Waals surface area contributed by atoms with Gasteiger partial charge in [0.2, 0.25) is 10.0 Å². The summed E-state index contributed by atoms with van der Waals surface area (Å²) in [7, 11) is -4.04. The van der Waals surface area contributed by atoms with Crippen molar-refractivity contribution in [3.8, 4) is 5.69 Å². The van der Waals surface area contributed by atoms with Crippen molar-refractivity contribution in [2.24, 2.45) is 0 Å². The molecule has 170 valence electrons. The molecule has 0 spiro atoms. The van der Waals surface area contributed by atoms with Crippen LogP contribution in [0.1, 0.15) is 17.3 Å². The summed E-state index contributed by atoms with van der Waals surface area (Å²) in [6, 6.07) is 11.1. The number of aromatic nitrogens is 4. The quantitative estimate of drug-likeness (QED) is 0.495. The van der Waals surface area contributed by atoms with E-state index in [1.54, 1.807) is 42.3 Å². The Kier molecular flexibility index (Phi) is 5.22. The molecule has 1 atom stereocenters. The highest BCUT2D eigenvalue weighted by atomic mass is 32.2. The van der Waals surface area contributed by atoms with Crippen molar-refractivity contribution in [3.63, 3.8) is 0 Å². The molecule has 0 radical (unpaired) electrons. The molecule has 1 aliphatic heterocycles. The number of sulfonamides is 1. The van der Waals surface area contributed by atoms with Gasteiger partial charge in [-0.25, -0.2) is 17.5 Å². The van der Waals surface area contributed by atoms with Gasteiger partial charge < -0.3 is 9.88 Å². The summed E-state index contributed by atoms with van der Waals surface area (Å²) in [5.41, 5.74) is 1.35. The molecule has 0 saturated carbocycles. The van der Waals surface area contributed by atoms with Crippen LogP contribution < -0.4 is 0 Å². The van der Waals surface area contributed by atoms with E-state index in [2.05, 4.69) is 15.3 Å². The van der Waals surface area contributed by atoms with E-state index in [-0.39, 0.29) is 35.8 Å². The highest BCUT2D eigenvalue weighted by molar-refractivity contribution is 7.89. The second-order valence-corrected chi connectivity index (χ2v) is 9.76. The predicted molar refractivity (Wildman–Crippen MR) is 119 cm³/mol. The van der Waals surface area contributed by atoms with Crippen LogP contribution >= 0.6 is 0 Å². The zero-order chi connectivity index (χ0) is 23.2. The minimum absolute atomic E-state index is 0.0296. The number of hydrogen-bond acceptors (Lipinski definition) is 5. The second kappa shape index (κ2) is 8.09. The van der Waals surface area contributed by atoms with Crippen LogP contribution in [-0.2, 0) is 10.0 Å². The average molecular weight is 469 g/mol. The van der Waals surface area contributed by atoms with Crippen molar-refractivity contribution >= 4 is 26.8 Å². The molecule has 9 nitrogen and oxygen atoms in total. The van der Waals surface area contributed by atoms with Crippen molar-refractivity contribution in [3.05, 3.63) is 72.4 Å². The SMILES string of the molecule is C[C@H]1CN(C(=O)c2ccccc2)CCN1S(=O)(=O)c1c[nH]c2c(-n3ccnn3)ccc(F)c12. The zero-order valence-corrected chi connectivity index (χ0v) is 18.5. The number of fused-ring (bicyclic) bond motifs is 1. The lowest BCUT2D eigenvalue weighted by atomic mass is 10.1. The number of nitrogens with one attached hydrogen (secondary N) is 1. The standard InChI is InChI=1S/C22H21FN6O3S/c1-15-14-27(22(30)16-5-3-2-4-6-16)11-12-29(15)33(31,32)19-13-24-21-18(28-10-9-25-26-28)8-7-17(23)20(19)21/h2-10,13,15,24H,11-12,14H2,1H3/t15-/m0/s1. The monoisotopic (exact) mass is 468 g/mol. The Morgan fingerprint density at radius 3 is 2.64 bits per heavy atom. The van der Waals surface area contributed by atoms with E-state index < -0.39 is 21.9 Å². The van der Waals surface area contributed by atoms with E-state index in [1.807, 2.05) is 6.07 Å². The van der Waals surface area contributed by atoms with Crippen molar-refractivity contribution in [2.45, 2.75) is 17.9 Å². The summed E-state index contributed by atoms with van der Waals surface area (Å²) in [5.74, 6) is -0.797. The molecule has 0 unspecified atom stereocenters. The van der Waals surface area contributed by atoms with Gasteiger partial charge in [0.25, 0.3) is 5.91 Å². The molecule has 1 amide bonds. The van der Waals surface area contributed by atoms with Gasteiger partial charge in [0.15, 0.2) is 0 Å². The summed E-state index contributed by atoms with van der Waals surface area (Å²) in [6.45, 7) is 2.33. The molecule has 5 rings (SSSR count). The van der Waals surface area contributed by atoms with Gasteiger partial charge in [-0.15, -0.1) is 5.10 Å². The predicted octanol–water partition coefficient (Wildman–Crippen LogP) is 2.42. The normalized spacial score (nSPS) is 17.5. The summed E-state index contributed by atoms with van der Waals surface area (Å²) in [4.78, 5) is 17.2. The minimum Gasteiger partial charge on any atom is -0.358 e. The number of nitrogens with zero attached hydrogens (tertiary/aromatic N) is 5. The molecule has 0 aliphatic carbocycles. The Hall–Kier alpha value is -3.57. The third kappa shape index (κ3) is 3.58. The lowest BCUT2D eigenvalue weighted by molar-refractivity contribution is 0.0642. The lowest BCUT2D eigenvalue weighted by Crippen LogP contribution is -2.55. The van der Waals surface area contributed by atoms with Gasteiger partial charge in [-0.2, -0.15) is 4.31 Å². The molecule has 0 bridgehead atoms. The van der Waals surface area contributed by atoms with Crippen LogP contribution in [0.3, 0.4) is 0 Å². The maximum Gasteiger partial charge on any atom is 0.253 e. The van der Waals surface area contributed by atoms with Crippen LogP contribution in [0.15, 0.2) is 66.0 Å². The van der Waals surface area contributed by atoms with Crippen LogP contribution in [0.2, 0.25) is 0 Å². The summed E-state index contributed by atoms with van der Waals surface area (Å²) >= 11 is 0. The topological polar surface area (TPSA) is 104 Å². The van der Waals surface area contributed by atoms with E-state index in [4.69, 9.17) is 0 Å². The Morgan fingerprint density at radius 2 is 1.94 bits per heavy atom. The first kappa shape index (κ1) is 21.3. The van der Waals surface area contributed by atoms with Gasteiger partial charge in [0, 0.05) is 37.4 Å². The van der Waals surface area contributed by atoms with Gasteiger partial charge in [0.05, 0.1) is 29.0 Å². The number of halogens is 1. The molecule has 4 aromatic rings. The number of rotatable bonds is 4. The van der Waals surface area contributed by atoms with Crippen LogP contribution in [-0.4, -0.2) is 69.2 Å². The third-order valence-corrected chi connectivity index (χ3v) is 7.89. The number of amides is 1. The number of H-pyrrole nitrogens is 1. The highest BCUT2D eigenvalue weighted by Crippen LogP contribution is 2.33. The highest BCUT2D eigenvalue weighted by Gasteiger charge is 2.37. The average Bonchev–Trinajstić information content (AvgIpc) is 3.50. The van der Waals surface area contributed by atoms with Gasteiger partial charge in [-0.05, 0) is 31.2 Å². The molecule has 3 heterocycles. The Bertz CT molecular complexity index is 1420. The first-order valence-electron chi connectivity index (χ1n) is 10.4. The Morgan fingerprint density at radius 1 is 1.15 bits per heavy atom. The number of carbonyl (C=O) groups is 1. The fraction of sp³-hybridized carbons (Fsp3) is 0.227. The molecular weight excluding hydrogens is 447 g/mol. The van der Waals surface area contributed by atoms with E-state index in [0.717, 1.165) is 0 Å². The fourth-order valence-corrected chi connectivity index (χ4v) is 6.05. The van der Waals surface area contributed by atoms with Crippen LogP contribution in [0.4, 0.5) is 4.39 Å². The molecule has 2 aromatic carbocycles. The summed E-state index contributed by atoms with van der Waals surface area (Å²) in [5, 5.41) is 7.64. The van der Waals surface area contributed by atoms with Crippen molar-refractivity contribution in [2.75, 3.05) is 19.6 Å². The number of aromatic amines is 1. The van der Waals surface area contributed by atoms with Crippen molar-refractivity contribution < 1.29 is 17.6 Å². The molecule has 1 fully saturated rings. The summed E-state index contributed by atoms with van der Waals surface area (Å²) in [6.07, 6.45) is 4.37. The first-order chi connectivity index (χ1) is 15.9. The maximum absolute atomic E-state index is 14.9. The number of carbonyl (C=O) groups excluding carboxylic acids is 1. The zero-order valence-electron chi connectivity index (χ0n) is 17.7. The van der Waals surface area contributed by atoms with Gasteiger partial charge in [-0.1, -0.05) is 23.4 Å². The molecule has 11 heteroatoms. The van der Waals surface area contributed by atoms with Crippen LogP contribution in [0.5, 0.6) is 0 Å². The number of hydrogen-bond donors (Lipinski definition) is 1. The van der Waals surface area contributed by atoms with E-state index in [9.17, 15) is 17.6 Å². The summed E-state index contributed by atoms with van der Waals surface area (Å²) < 4.78 is 44.8. The van der Waals surface area contributed by atoms with Crippen LogP contribution in [0.25, 0.3) is 16.6 Å². The Labute approximate surface area is 189 Å². The molecule has 1 N–H and O–H groups in total. The molecule has 2 aromatic heterocycles. The van der Waals surface area contributed by atoms with Gasteiger partial charge in [-0.3, -0.25) is 4.79 Å². The van der Waals surface area contributed by atoms with E-state index >= 15 is 0 Å². The minimum atomic E-state index is -4.04. The lowest BCUT2D eigenvalue weighted by Gasteiger charge is -2.38. The van der Waals surface area contributed by atoms with Crippen LogP contribution in [0, 0.1) is 5.82 Å². The maximum atomic E-state index is 14.9. The first-order valence-corrected chi connectivity index (χ1v) is 11.8. The van der Waals surface area contributed by atoms with Crippen molar-refractivity contribution in [1.29, 1.82) is 0 Å². The number of piperazine rings is 1. The molecular formula is C22H21FN6O3S. The van der Waals surface area contributed by atoms with E-state index in [0.29, 0.717) is 16.8 Å². The molecule has 1 aliphatic rings. The Balaban J connectivity index is 1.46. The molecule has 33 heavy (non-hydrogen) atoms. The number of benzene rings is 2. The third-order valence-electron chi connectivity index (χ3n) is 5.86. The van der Waals surface area contributed by atoms with Gasteiger partial charge >= 0.3 is 0 Å². The van der Waals surface area contributed by atoms with Gasteiger partial charge in [0.1, 0.15) is 10.7 Å². The van der Waals surface area contributed by atoms with E-state index in [1.165, 1.54) is 33.5 Å². The smallest absolute Gasteiger partial charge is 0.253 e. The second-order valence-electron chi connectivity index (χ2n) is 7.90. The van der Waals surface area contributed by atoms with Crippen molar-refractivity contribution in [1.82, 2.24) is 29.2 Å². The fourth-order valence-electron chi connectivity index (χ4n) is 4.27. The molecule has 1 saturated heterocycles.